The highest BCUT2D eigenvalue weighted by Gasteiger charge is 2.19. The van der Waals surface area contributed by atoms with Crippen molar-refractivity contribution in [3.05, 3.63) is 65.1 Å². The lowest BCUT2D eigenvalue weighted by Crippen LogP contribution is -2.42. The van der Waals surface area contributed by atoms with Crippen LogP contribution in [0.2, 0.25) is 0 Å². The molecule has 3 N–H and O–H groups in total. The summed E-state index contributed by atoms with van der Waals surface area (Å²) in [6.07, 6.45) is 1.45. The summed E-state index contributed by atoms with van der Waals surface area (Å²) in [6.45, 7) is 2.63. The second-order valence-corrected chi connectivity index (χ2v) is 9.55. The van der Waals surface area contributed by atoms with Crippen molar-refractivity contribution < 1.29 is 27.2 Å². The van der Waals surface area contributed by atoms with Crippen molar-refractivity contribution in [1.29, 1.82) is 0 Å². The topological polar surface area (TPSA) is 143 Å². The molecule has 2 aromatic heterocycles. The third kappa shape index (κ3) is 5.76. The number of carbonyl (C=O) groups is 2. The monoisotopic (exact) mass is 491 g/mol. The molecule has 33 heavy (non-hydrogen) atoms. The first-order valence-electron chi connectivity index (χ1n) is 9.93. The van der Waals surface area contributed by atoms with Crippen molar-refractivity contribution in [1.82, 2.24) is 20.6 Å². The predicted octanol–water partition coefficient (Wildman–Crippen LogP) is 1.13. The van der Waals surface area contributed by atoms with Gasteiger partial charge in [0.05, 0.1) is 30.9 Å². The van der Waals surface area contributed by atoms with E-state index in [9.17, 15) is 18.0 Å². The van der Waals surface area contributed by atoms with Gasteiger partial charge in [-0.1, -0.05) is 0 Å². The fourth-order valence-corrected chi connectivity index (χ4v) is 4.82. The Bertz CT molecular complexity index is 1200. The molecule has 1 aromatic carbocycles. The molecule has 11 nitrogen and oxygen atoms in total. The Morgan fingerprint density at radius 1 is 1.06 bits per heavy atom. The molecule has 1 aliphatic heterocycles. The summed E-state index contributed by atoms with van der Waals surface area (Å²) >= 11 is 1.34. The van der Waals surface area contributed by atoms with E-state index < -0.39 is 21.8 Å². The zero-order valence-corrected chi connectivity index (χ0v) is 18.9. The number of benzene rings is 1. The summed E-state index contributed by atoms with van der Waals surface area (Å²) in [5, 5.41) is 2.33. The van der Waals surface area contributed by atoms with Crippen molar-refractivity contribution in [2.75, 3.05) is 31.2 Å². The molecular weight excluding hydrogens is 470 g/mol. The third-order valence-corrected chi connectivity index (χ3v) is 7.06. The molecule has 0 spiro atoms. The minimum absolute atomic E-state index is 0.00671. The van der Waals surface area contributed by atoms with Gasteiger partial charge in [-0.15, -0.1) is 11.3 Å². The van der Waals surface area contributed by atoms with Gasteiger partial charge in [-0.2, -0.15) is 0 Å². The molecule has 0 radical (unpaired) electrons. The molecule has 2 amide bonds. The Morgan fingerprint density at radius 2 is 1.79 bits per heavy atom. The number of carbonyl (C=O) groups excluding carboxylic acids is 2. The summed E-state index contributed by atoms with van der Waals surface area (Å²) < 4.78 is 37.6. The fourth-order valence-electron chi connectivity index (χ4n) is 2.97. The SMILES string of the molecule is O=C(NNC(=O)c1csc(N2CCOCC2)n1)c1ccc(S(=O)(=O)NCc2ccco2)cc1. The number of hydrogen-bond acceptors (Lipinski definition) is 9. The maximum Gasteiger partial charge on any atom is 0.289 e. The summed E-state index contributed by atoms with van der Waals surface area (Å²) in [6, 6.07) is 8.61. The number of ether oxygens (including phenoxy) is 1. The Morgan fingerprint density at radius 3 is 2.48 bits per heavy atom. The number of anilines is 1. The third-order valence-electron chi connectivity index (χ3n) is 4.74. The van der Waals surface area contributed by atoms with Gasteiger partial charge in [-0.25, -0.2) is 18.1 Å². The standard InChI is InChI=1S/C20H21N5O6S2/c26-18(23-24-19(27)17-13-32-20(22-17)25-7-10-30-11-8-25)14-3-5-16(6-4-14)33(28,29)21-12-15-2-1-9-31-15/h1-6,9,13,21H,7-8,10-12H2,(H,23,26)(H,24,27). The molecule has 3 heterocycles. The quantitative estimate of drug-likeness (QED) is 0.418. The number of nitrogens with zero attached hydrogens (tertiary/aromatic N) is 2. The summed E-state index contributed by atoms with van der Waals surface area (Å²) in [7, 11) is -3.78. The summed E-state index contributed by atoms with van der Waals surface area (Å²) in [5.74, 6) is -0.678. The summed E-state index contributed by atoms with van der Waals surface area (Å²) in [5.41, 5.74) is 4.98. The second kappa shape index (κ2) is 10.1. The van der Waals surface area contributed by atoms with Gasteiger partial charge in [0.15, 0.2) is 5.13 Å². The highest BCUT2D eigenvalue weighted by molar-refractivity contribution is 7.89. The Balaban J connectivity index is 1.30. The number of thiazole rings is 1. The van der Waals surface area contributed by atoms with Crippen LogP contribution in [-0.2, 0) is 21.3 Å². The smallest absolute Gasteiger partial charge is 0.289 e. The fraction of sp³-hybridized carbons (Fsp3) is 0.250. The molecule has 4 rings (SSSR count). The predicted molar refractivity (Wildman–Crippen MR) is 119 cm³/mol. The lowest BCUT2D eigenvalue weighted by molar-refractivity contribution is 0.0844. The number of morpholine rings is 1. The van der Waals surface area contributed by atoms with E-state index in [2.05, 4.69) is 20.6 Å². The highest BCUT2D eigenvalue weighted by atomic mass is 32.2. The number of hydrogen-bond donors (Lipinski definition) is 3. The van der Waals surface area contributed by atoms with Crippen LogP contribution in [0.3, 0.4) is 0 Å². The molecule has 0 atom stereocenters. The zero-order chi connectivity index (χ0) is 23.3. The van der Waals surface area contributed by atoms with E-state index in [4.69, 9.17) is 9.15 Å². The van der Waals surface area contributed by atoms with Gasteiger partial charge in [0, 0.05) is 24.0 Å². The molecule has 0 unspecified atom stereocenters. The van der Waals surface area contributed by atoms with Gasteiger partial charge in [-0.05, 0) is 36.4 Å². The number of rotatable bonds is 7. The molecule has 0 saturated carbocycles. The minimum Gasteiger partial charge on any atom is -0.468 e. The first kappa shape index (κ1) is 22.9. The van der Waals surface area contributed by atoms with E-state index in [0.717, 1.165) is 0 Å². The van der Waals surface area contributed by atoms with Gasteiger partial charge in [0.1, 0.15) is 11.5 Å². The lowest BCUT2D eigenvalue weighted by Gasteiger charge is -2.25. The molecule has 0 bridgehead atoms. The average molecular weight is 492 g/mol. The van der Waals surface area contributed by atoms with Gasteiger partial charge in [-0.3, -0.25) is 20.4 Å². The number of amides is 2. The van der Waals surface area contributed by atoms with Gasteiger partial charge >= 0.3 is 0 Å². The number of hydrazine groups is 1. The summed E-state index contributed by atoms with van der Waals surface area (Å²) in [4.78, 5) is 31.0. The number of aromatic nitrogens is 1. The van der Waals surface area contributed by atoms with Crippen LogP contribution in [0.1, 0.15) is 26.6 Å². The largest absolute Gasteiger partial charge is 0.468 e. The van der Waals surface area contributed by atoms with Gasteiger partial charge in [0.25, 0.3) is 11.8 Å². The van der Waals surface area contributed by atoms with Crippen molar-refractivity contribution in [2.45, 2.75) is 11.4 Å². The van der Waals surface area contributed by atoms with E-state index >= 15 is 0 Å². The number of furan rings is 1. The maximum absolute atomic E-state index is 12.4. The van der Waals surface area contributed by atoms with Crippen LogP contribution in [0.15, 0.2) is 57.4 Å². The maximum atomic E-state index is 12.4. The minimum atomic E-state index is -3.78. The van der Waals surface area contributed by atoms with Crippen LogP contribution in [0, 0.1) is 0 Å². The Kier molecular flexibility index (Phi) is 7.03. The molecule has 1 saturated heterocycles. The Labute approximate surface area is 193 Å². The molecule has 0 aliphatic carbocycles. The van der Waals surface area contributed by atoms with Gasteiger partial charge < -0.3 is 14.1 Å². The second-order valence-electron chi connectivity index (χ2n) is 6.95. The van der Waals surface area contributed by atoms with Crippen LogP contribution in [0.5, 0.6) is 0 Å². The van der Waals surface area contributed by atoms with Crippen LogP contribution in [0.4, 0.5) is 5.13 Å². The molecular formula is C20H21N5O6S2. The van der Waals surface area contributed by atoms with E-state index in [-0.39, 0.29) is 22.7 Å². The van der Waals surface area contributed by atoms with E-state index in [1.165, 1.54) is 41.9 Å². The molecule has 1 fully saturated rings. The van der Waals surface area contributed by atoms with E-state index in [1.54, 1.807) is 17.5 Å². The van der Waals surface area contributed by atoms with Crippen molar-refractivity contribution in [3.8, 4) is 0 Å². The van der Waals surface area contributed by atoms with Crippen molar-refractivity contribution in [3.63, 3.8) is 0 Å². The number of sulfonamides is 1. The molecule has 13 heteroatoms. The highest BCUT2D eigenvalue weighted by Crippen LogP contribution is 2.21. The normalized spacial score (nSPS) is 14.1. The van der Waals surface area contributed by atoms with E-state index in [0.29, 0.717) is 37.2 Å². The molecule has 3 aromatic rings. The van der Waals surface area contributed by atoms with E-state index in [1.807, 2.05) is 4.90 Å². The first-order chi connectivity index (χ1) is 15.9. The van der Waals surface area contributed by atoms with Crippen LogP contribution < -0.4 is 20.5 Å². The molecule has 174 valence electrons. The number of nitrogens with one attached hydrogen (secondary N) is 3. The molecule has 1 aliphatic rings. The first-order valence-corrected chi connectivity index (χ1v) is 12.3. The van der Waals surface area contributed by atoms with Crippen LogP contribution in [0.25, 0.3) is 0 Å². The lowest BCUT2D eigenvalue weighted by atomic mass is 10.2. The van der Waals surface area contributed by atoms with Gasteiger partial charge in [0.2, 0.25) is 10.0 Å². The van der Waals surface area contributed by atoms with Crippen LogP contribution >= 0.6 is 11.3 Å². The van der Waals surface area contributed by atoms with Crippen molar-refractivity contribution >= 4 is 38.3 Å². The van der Waals surface area contributed by atoms with Crippen molar-refractivity contribution in [2.24, 2.45) is 0 Å². The van der Waals surface area contributed by atoms with Crippen LogP contribution in [-0.4, -0.2) is 51.5 Å². The zero-order valence-electron chi connectivity index (χ0n) is 17.3. The Hall–Kier alpha value is -3.26. The average Bonchev–Trinajstić information content (AvgIpc) is 3.54.